The van der Waals surface area contributed by atoms with Crippen molar-refractivity contribution in [3.05, 3.63) is 66.2 Å². The zero-order valence-electron chi connectivity index (χ0n) is 16.0. The van der Waals surface area contributed by atoms with E-state index < -0.39 is 0 Å². The van der Waals surface area contributed by atoms with Gasteiger partial charge in [-0.05, 0) is 37.0 Å². The van der Waals surface area contributed by atoms with Gasteiger partial charge in [0.15, 0.2) is 0 Å². The SMILES string of the molecule is CCC(=O)N1CCCC(C(=O)N(CCc2ccccc2)c2ccccc2)C1. The summed E-state index contributed by atoms with van der Waals surface area (Å²) in [5.41, 5.74) is 2.15. The molecule has 1 heterocycles. The third-order valence-corrected chi connectivity index (χ3v) is 5.23. The third-order valence-electron chi connectivity index (χ3n) is 5.23. The Morgan fingerprint density at radius 2 is 1.70 bits per heavy atom. The molecule has 1 aliphatic rings. The van der Waals surface area contributed by atoms with Crippen LogP contribution in [0.15, 0.2) is 60.7 Å². The van der Waals surface area contributed by atoms with Crippen LogP contribution in [0.4, 0.5) is 5.69 Å². The molecule has 0 spiro atoms. The van der Waals surface area contributed by atoms with Crippen LogP contribution in [0.25, 0.3) is 0 Å². The topological polar surface area (TPSA) is 40.6 Å². The van der Waals surface area contributed by atoms with Crippen LogP contribution in [0.3, 0.4) is 0 Å². The van der Waals surface area contributed by atoms with Gasteiger partial charge >= 0.3 is 0 Å². The summed E-state index contributed by atoms with van der Waals surface area (Å²) in [7, 11) is 0. The standard InChI is InChI=1S/C23H28N2O2/c1-2-22(26)24-16-9-12-20(18-24)23(27)25(21-13-7-4-8-14-21)17-15-19-10-5-3-6-11-19/h3-8,10-11,13-14,20H,2,9,12,15-18H2,1H3. The summed E-state index contributed by atoms with van der Waals surface area (Å²) in [5, 5.41) is 0. The first kappa shape index (κ1) is 19.2. The summed E-state index contributed by atoms with van der Waals surface area (Å²) in [6.45, 7) is 3.83. The molecule has 2 aromatic rings. The summed E-state index contributed by atoms with van der Waals surface area (Å²) >= 11 is 0. The highest BCUT2D eigenvalue weighted by molar-refractivity contribution is 5.95. The maximum absolute atomic E-state index is 13.4. The number of para-hydroxylation sites is 1. The average Bonchev–Trinajstić information content (AvgIpc) is 2.74. The van der Waals surface area contributed by atoms with Crippen LogP contribution in [0.2, 0.25) is 0 Å². The van der Waals surface area contributed by atoms with E-state index in [1.807, 2.05) is 65.3 Å². The van der Waals surface area contributed by atoms with Gasteiger partial charge in [-0.3, -0.25) is 9.59 Å². The highest BCUT2D eigenvalue weighted by Crippen LogP contribution is 2.23. The minimum atomic E-state index is -0.120. The minimum absolute atomic E-state index is 0.120. The average molecular weight is 364 g/mol. The van der Waals surface area contributed by atoms with Crippen LogP contribution in [-0.2, 0) is 16.0 Å². The number of carbonyl (C=O) groups excluding carboxylic acids is 2. The van der Waals surface area contributed by atoms with Crippen LogP contribution in [-0.4, -0.2) is 36.3 Å². The molecule has 4 nitrogen and oxygen atoms in total. The number of piperidine rings is 1. The van der Waals surface area contributed by atoms with Crippen LogP contribution in [0.1, 0.15) is 31.7 Å². The Morgan fingerprint density at radius 1 is 1.04 bits per heavy atom. The molecular weight excluding hydrogens is 336 g/mol. The number of carbonyl (C=O) groups is 2. The number of likely N-dealkylation sites (tertiary alicyclic amines) is 1. The molecule has 1 fully saturated rings. The number of rotatable bonds is 6. The largest absolute Gasteiger partial charge is 0.342 e. The number of hydrogen-bond donors (Lipinski definition) is 0. The van der Waals surface area contributed by atoms with E-state index in [9.17, 15) is 9.59 Å². The predicted octanol–water partition coefficient (Wildman–Crippen LogP) is 3.91. The van der Waals surface area contributed by atoms with E-state index in [-0.39, 0.29) is 17.7 Å². The highest BCUT2D eigenvalue weighted by atomic mass is 16.2. The zero-order valence-corrected chi connectivity index (χ0v) is 16.0. The number of benzene rings is 2. The Morgan fingerprint density at radius 3 is 2.37 bits per heavy atom. The number of anilines is 1. The molecule has 4 heteroatoms. The summed E-state index contributed by atoms with van der Waals surface area (Å²) in [6, 6.07) is 20.1. The number of hydrogen-bond acceptors (Lipinski definition) is 2. The molecule has 1 unspecified atom stereocenters. The molecule has 1 saturated heterocycles. The molecular formula is C23H28N2O2. The quantitative estimate of drug-likeness (QED) is 0.780. The van der Waals surface area contributed by atoms with Gasteiger partial charge < -0.3 is 9.80 Å². The molecule has 0 bridgehead atoms. The summed E-state index contributed by atoms with van der Waals surface area (Å²) in [5.74, 6) is 0.152. The van der Waals surface area contributed by atoms with Gasteiger partial charge in [0.1, 0.15) is 0 Å². The van der Waals surface area contributed by atoms with Gasteiger partial charge in [0.2, 0.25) is 11.8 Å². The lowest BCUT2D eigenvalue weighted by Crippen LogP contribution is -2.47. The van der Waals surface area contributed by atoms with Crippen LogP contribution >= 0.6 is 0 Å². The molecule has 27 heavy (non-hydrogen) atoms. The van der Waals surface area contributed by atoms with Crippen molar-refractivity contribution in [2.45, 2.75) is 32.6 Å². The van der Waals surface area contributed by atoms with Gasteiger partial charge in [-0.2, -0.15) is 0 Å². The lowest BCUT2D eigenvalue weighted by Gasteiger charge is -2.35. The van der Waals surface area contributed by atoms with Gasteiger partial charge in [-0.15, -0.1) is 0 Å². The van der Waals surface area contributed by atoms with Crippen molar-refractivity contribution in [2.75, 3.05) is 24.5 Å². The van der Waals surface area contributed by atoms with Crippen molar-refractivity contribution in [3.63, 3.8) is 0 Å². The van der Waals surface area contributed by atoms with E-state index >= 15 is 0 Å². The van der Waals surface area contributed by atoms with E-state index in [0.29, 0.717) is 19.5 Å². The van der Waals surface area contributed by atoms with E-state index in [0.717, 1.165) is 31.5 Å². The van der Waals surface area contributed by atoms with Crippen LogP contribution in [0, 0.1) is 5.92 Å². The maximum atomic E-state index is 13.4. The smallest absolute Gasteiger partial charge is 0.231 e. The zero-order chi connectivity index (χ0) is 19.1. The third kappa shape index (κ3) is 4.97. The summed E-state index contributed by atoms with van der Waals surface area (Å²) in [6.07, 6.45) is 3.05. The fourth-order valence-corrected chi connectivity index (χ4v) is 3.71. The van der Waals surface area contributed by atoms with Gasteiger partial charge in [-0.25, -0.2) is 0 Å². The second-order valence-electron chi connectivity index (χ2n) is 7.09. The predicted molar refractivity (Wildman–Crippen MR) is 109 cm³/mol. The van der Waals surface area contributed by atoms with Gasteiger partial charge in [0, 0.05) is 31.7 Å². The van der Waals surface area contributed by atoms with E-state index in [1.165, 1.54) is 5.56 Å². The summed E-state index contributed by atoms with van der Waals surface area (Å²) in [4.78, 5) is 29.2. The summed E-state index contributed by atoms with van der Waals surface area (Å²) < 4.78 is 0. The second kappa shape index (κ2) is 9.36. The second-order valence-corrected chi connectivity index (χ2v) is 7.09. The molecule has 0 aromatic heterocycles. The van der Waals surface area contributed by atoms with Gasteiger partial charge in [0.05, 0.1) is 5.92 Å². The fourth-order valence-electron chi connectivity index (χ4n) is 3.71. The Labute approximate surface area is 161 Å². The van der Waals surface area contributed by atoms with Crippen molar-refractivity contribution in [1.29, 1.82) is 0 Å². The lowest BCUT2D eigenvalue weighted by atomic mass is 9.95. The first-order chi connectivity index (χ1) is 13.2. The Balaban J connectivity index is 1.75. The van der Waals surface area contributed by atoms with Crippen LogP contribution < -0.4 is 4.90 Å². The van der Waals surface area contributed by atoms with Crippen LogP contribution in [0.5, 0.6) is 0 Å². The molecule has 0 radical (unpaired) electrons. The normalized spacial score (nSPS) is 16.8. The highest BCUT2D eigenvalue weighted by Gasteiger charge is 2.31. The molecule has 0 aliphatic carbocycles. The molecule has 2 amide bonds. The lowest BCUT2D eigenvalue weighted by molar-refractivity contribution is -0.134. The van der Waals surface area contributed by atoms with Crippen molar-refractivity contribution in [2.24, 2.45) is 5.92 Å². The Hall–Kier alpha value is -2.62. The molecule has 3 rings (SSSR count). The Bertz CT molecular complexity index is 745. The number of nitrogens with zero attached hydrogens (tertiary/aromatic N) is 2. The van der Waals surface area contributed by atoms with E-state index in [4.69, 9.17) is 0 Å². The monoisotopic (exact) mass is 364 g/mol. The molecule has 1 atom stereocenters. The van der Waals surface area contributed by atoms with Gasteiger partial charge in [-0.1, -0.05) is 55.5 Å². The number of amides is 2. The van der Waals surface area contributed by atoms with E-state index in [1.54, 1.807) is 0 Å². The van der Waals surface area contributed by atoms with Crippen molar-refractivity contribution < 1.29 is 9.59 Å². The Kier molecular flexibility index (Phi) is 6.64. The maximum Gasteiger partial charge on any atom is 0.231 e. The molecule has 1 aliphatic heterocycles. The van der Waals surface area contributed by atoms with Crippen molar-refractivity contribution in [1.82, 2.24) is 4.90 Å². The first-order valence-electron chi connectivity index (χ1n) is 9.87. The van der Waals surface area contributed by atoms with Crippen molar-refractivity contribution >= 4 is 17.5 Å². The fraction of sp³-hybridized carbons (Fsp3) is 0.391. The van der Waals surface area contributed by atoms with E-state index in [2.05, 4.69) is 12.1 Å². The molecule has 142 valence electrons. The molecule has 2 aromatic carbocycles. The van der Waals surface area contributed by atoms with Crippen molar-refractivity contribution in [3.8, 4) is 0 Å². The first-order valence-corrected chi connectivity index (χ1v) is 9.87. The molecule has 0 N–H and O–H groups in total. The van der Waals surface area contributed by atoms with Gasteiger partial charge in [0.25, 0.3) is 0 Å². The minimum Gasteiger partial charge on any atom is -0.342 e. The molecule has 0 saturated carbocycles.